The van der Waals surface area contributed by atoms with Crippen LogP contribution in [-0.2, 0) is 4.74 Å². The van der Waals surface area contributed by atoms with Crippen molar-refractivity contribution in [1.29, 1.82) is 0 Å². The number of esters is 1. The van der Waals surface area contributed by atoms with Crippen LogP contribution < -0.4 is 0 Å². The van der Waals surface area contributed by atoms with Crippen molar-refractivity contribution >= 4 is 28.9 Å². The van der Waals surface area contributed by atoms with Gasteiger partial charge >= 0.3 is 5.97 Å². The molecule has 0 aliphatic heterocycles. The number of nitrogens with zero attached hydrogens (tertiary/aromatic N) is 1. The van der Waals surface area contributed by atoms with Crippen LogP contribution in [0.2, 0.25) is 4.47 Å². The first-order valence-electron chi connectivity index (χ1n) is 5.92. The summed E-state index contributed by atoms with van der Waals surface area (Å²) in [5.41, 5.74) is 0.214. The van der Waals surface area contributed by atoms with Gasteiger partial charge in [-0.2, -0.15) is 0 Å². The molecule has 0 atom stereocenters. The lowest BCUT2D eigenvalue weighted by molar-refractivity contribution is 0.00646. The van der Waals surface area contributed by atoms with Gasteiger partial charge in [-0.05, 0) is 38.5 Å². The highest BCUT2D eigenvalue weighted by Crippen LogP contribution is 2.33. The van der Waals surface area contributed by atoms with Gasteiger partial charge < -0.3 is 4.74 Å². The Bertz CT molecular complexity index is 632. The molecule has 106 valence electrons. The molecule has 6 heteroatoms. The smallest absolute Gasteiger partial charge is 0.359 e. The molecule has 0 aliphatic carbocycles. The first-order valence-corrected chi connectivity index (χ1v) is 7.11. The molecule has 0 amide bonds. The van der Waals surface area contributed by atoms with Crippen molar-refractivity contribution < 1.29 is 13.9 Å². The Morgan fingerprint density at radius 2 is 1.90 bits per heavy atom. The summed E-state index contributed by atoms with van der Waals surface area (Å²) in [5, 5.41) is 0. The molecule has 0 saturated heterocycles. The van der Waals surface area contributed by atoms with Gasteiger partial charge in [0.15, 0.2) is 10.2 Å². The number of hydrogen-bond donors (Lipinski definition) is 0. The molecule has 0 N–H and O–H groups in total. The minimum Gasteiger partial charge on any atom is -0.455 e. The second-order valence-corrected chi connectivity index (χ2v) is 6.73. The van der Waals surface area contributed by atoms with E-state index in [1.807, 2.05) is 0 Å². The van der Waals surface area contributed by atoms with Crippen molar-refractivity contribution in [2.24, 2.45) is 0 Å². The second-order valence-electron chi connectivity index (χ2n) is 5.15. The zero-order chi connectivity index (χ0) is 14.9. The van der Waals surface area contributed by atoms with E-state index in [-0.39, 0.29) is 16.0 Å². The van der Waals surface area contributed by atoms with E-state index in [1.54, 1.807) is 32.9 Å². The highest BCUT2D eigenvalue weighted by Gasteiger charge is 2.24. The van der Waals surface area contributed by atoms with Gasteiger partial charge in [0.1, 0.15) is 11.4 Å². The molecular weight excluding hydrogens is 301 g/mol. The number of halogens is 2. The fourth-order valence-electron chi connectivity index (χ4n) is 1.56. The quantitative estimate of drug-likeness (QED) is 0.763. The molecule has 0 radical (unpaired) electrons. The molecule has 20 heavy (non-hydrogen) atoms. The molecule has 0 fully saturated rings. The van der Waals surface area contributed by atoms with E-state index in [2.05, 4.69) is 4.98 Å². The van der Waals surface area contributed by atoms with Crippen LogP contribution in [0.15, 0.2) is 24.3 Å². The van der Waals surface area contributed by atoms with Crippen LogP contribution in [0, 0.1) is 5.82 Å². The first kappa shape index (κ1) is 14.9. The third-order valence-corrected chi connectivity index (χ3v) is 3.51. The summed E-state index contributed by atoms with van der Waals surface area (Å²) in [4.78, 5) is 16.7. The average molecular weight is 314 g/mol. The maximum atomic E-state index is 13.0. The molecule has 2 aromatic rings. The predicted molar refractivity (Wildman–Crippen MR) is 77.7 cm³/mol. The summed E-state index contributed by atoms with van der Waals surface area (Å²) in [7, 11) is 0. The van der Waals surface area contributed by atoms with Crippen molar-refractivity contribution in [3.8, 4) is 10.4 Å². The Balaban J connectivity index is 2.40. The number of thiazole rings is 1. The fourth-order valence-corrected chi connectivity index (χ4v) is 2.66. The maximum absolute atomic E-state index is 13.0. The third kappa shape index (κ3) is 3.55. The van der Waals surface area contributed by atoms with Crippen molar-refractivity contribution in [3.63, 3.8) is 0 Å². The zero-order valence-electron chi connectivity index (χ0n) is 11.2. The molecule has 2 rings (SSSR count). The van der Waals surface area contributed by atoms with Gasteiger partial charge in [0.2, 0.25) is 0 Å². The Morgan fingerprint density at radius 3 is 2.45 bits per heavy atom. The molecule has 0 spiro atoms. The number of carbonyl (C=O) groups excluding carboxylic acids is 1. The highest BCUT2D eigenvalue weighted by molar-refractivity contribution is 7.19. The van der Waals surface area contributed by atoms with E-state index in [0.29, 0.717) is 10.4 Å². The molecule has 0 unspecified atom stereocenters. The minimum absolute atomic E-state index is 0.154. The predicted octanol–water partition coefficient (Wildman–Crippen LogP) is 4.56. The maximum Gasteiger partial charge on any atom is 0.359 e. The van der Waals surface area contributed by atoms with Crippen molar-refractivity contribution in [2.45, 2.75) is 26.4 Å². The summed E-state index contributed by atoms with van der Waals surface area (Å²) in [6.45, 7) is 5.32. The van der Waals surface area contributed by atoms with Gasteiger partial charge in [-0.25, -0.2) is 14.2 Å². The van der Waals surface area contributed by atoms with E-state index in [9.17, 15) is 9.18 Å². The van der Waals surface area contributed by atoms with Crippen LogP contribution in [0.3, 0.4) is 0 Å². The van der Waals surface area contributed by atoms with E-state index in [4.69, 9.17) is 16.3 Å². The van der Waals surface area contributed by atoms with Gasteiger partial charge in [-0.3, -0.25) is 0 Å². The summed E-state index contributed by atoms with van der Waals surface area (Å²) in [6.07, 6.45) is 0. The molecule has 1 aromatic heterocycles. The standard InChI is InChI=1S/C14H13ClFNO2S/c1-14(2,3)19-12(18)10-11(20-13(15)17-10)8-4-6-9(16)7-5-8/h4-7H,1-3H3. The Labute approximate surface area is 125 Å². The topological polar surface area (TPSA) is 39.2 Å². The monoisotopic (exact) mass is 313 g/mol. The second kappa shape index (κ2) is 5.50. The third-order valence-electron chi connectivity index (χ3n) is 2.30. The van der Waals surface area contributed by atoms with Crippen molar-refractivity contribution in [2.75, 3.05) is 0 Å². The summed E-state index contributed by atoms with van der Waals surface area (Å²) in [5.74, 6) is -0.886. The average Bonchev–Trinajstić information content (AvgIpc) is 2.70. The Hall–Kier alpha value is -1.46. The van der Waals surface area contributed by atoms with E-state index in [1.165, 1.54) is 12.1 Å². The lowest BCUT2D eigenvalue weighted by Gasteiger charge is -2.19. The molecular formula is C14H13ClFNO2S. The van der Waals surface area contributed by atoms with Crippen LogP contribution in [0.4, 0.5) is 4.39 Å². The highest BCUT2D eigenvalue weighted by atomic mass is 35.5. The van der Waals surface area contributed by atoms with Crippen LogP contribution in [0.5, 0.6) is 0 Å². The van der Waals surface area contributed by atoms with Gasteiger partial charge in [-0.15, -0.1) is 11.3 Å². The van der Waals surface area contributed by atoms with Crippen molar-refractivity contribution in [1.82, 2.24) is 4.98 Å². The van der Waals surface area contributed by atoms with Crippen LogP contribution in [0.25, 0.3) is 10.4 Å². The number of carbonyl (C=O) groups is 1. The molecule has 0 saturated carbocycles. The van der Waals surface area contributed by atoms with Gasteiger partial charge in [0.25, 0.3) is 0 Å². The lowest BCUT2D eigenvalue weighted by Crippen LogP contribution is -2.24. The normalized spacial score (nSPS) is 11.4. The number of ether oxygens (including phenoxy) is 1. The lowest BCUT2D eigenvalue weighted by atomic mass is 10.1. The number of hydrogen-bond acceptors (Lipinski definition) is 4. The fraction of sp³-hybridized carbons (Fsp3) is 0.286. The van der Waals surface area contributed by atoms with E-state index >= 15 is 0 Å². The van der Waals surface area contributed by atoms with Gasteiger partial charge in [0, 0.05) is 0 Å². The van der Waals surface area contributed by atoms with Gasteiger partial charge in [-0.1, -0.05) is 23.7 Å². The molecule has 3 nitrogen and oxygen atoms in total. The van der Waals surface area contributed by atoms with Gasteiger partial charge in [0.05, 0.1) is 4.88 Å². The SMILES string of the molecule is CC(C)(C)OC(=O)c1nc(Cl)sc1-c1ccc(F)cc1. The zero-order valence-corrected chi connectivity index (χ0v) is 12.8. The molecule has 0 aliphatic rings. The Kier molecular flexibility index (Phi) is 4.11. The van der Waals surface area contributed by atoms with E-state index < -0.39 is 11.6 Å². The largest absolute Gasteiger partial charge is 0.455 e. The Morgan fingerprint density at radius 1 is 1.30 bits per heavy atom. The van der Waals surface area contributed by atoms with E-state index in [0.717, 1.165) is 11.3 Å². The summed E-state index contributed by atoms with van der Waals surface area (Å²) >= 11 is 7.05. The first-order chi connectivity index (χ1) is 9.26. The molecule has 1 aromatic carbocycles. The summed E-state index contributed by atoms with van der Waals surface area (Å²) in [6, 6.07) is 5.80. The summed E-state index contributed by atoms with van der Waals surface area (Å²) < 4.78 is 18.5. The number of rotatable bonds is 2. The minimum atomic E-state index is -0.618. The molecule has 1 heterocycles. The number of aromatic nitrogens is 1. The van der Waals surface area contributed by atoms with Crippen LogP contribution >= 0.6 is 22.9 Å². The van der Waals surface area contributed by atoms with Crippen LogP contribution in [0.1, 0.15) is 31.3 Å². The van der Waals surface area contributed by atoms with Crippen LogP contribution in [-0.4, -0.2) is 16.6 Å². The molecule has 0 bridgehead atoms. The van der Waals surface area contributed by atoms with Crippen molar-refractivity contribution in [3.05, 3.63) is 40.2 Å². The number of benzene rings is 1.